The van der Waals surface area contributed by atoms with Crippen LogP contribution in [0.2, 0.25) is 0 Å². The van der Waals surface area contributed by atoms with Crippen LogP contribution in [-0.2, 0) is 4.79 Å². The maximum atomic E-state index is 12.4. The topological polar surface area (TPSA) is 56.1 Å². The van der Waals surface area contributed by atoms with Gasteiger partial charge in [-0.25, -0.2) is 0 Å². The average Bonchev–Trinajstić information content (AvgIpc) is 2.83. The molecule has 0 spiro atoms. The Hall–Kier alpha value is -1.86. The highest BCUT2D eigenvalue weighted by Gasteiger charge is 2.31. The van der Waals surface area contributed by atoms with Crippen molar-refractivity contribution in [1.82, 2.24) is 5.32 Å². The first-order chi connectivity index (χ1) is 8.63. The third-order valence-corrected chi connectivity index (χ3v) is 3.53. The zero-order valence-corrected chi connectivity index (χ0v) is 10.7. The van der Waals surface area contributed by atoms with E-state index in [1.807, 2.05) is 6.07 Å². The summed E-state index contributed by atoms with van der Waals surface area (Å²) in [5.41, 5.74) is 1.35. The summed E-state index contributed by atoms with van der Waals surface area (Å²) in [5.74, 6) is 0.502. The van der Waals surface area contributed by atoms with E-state index in [1.165, 1.54) is 0 Å². The van der Waals surface area contributed by atoms with E-state index >= 15 is 0 Å². The highest BCUT2D eigenvalue weighted by molar-refractivity contribution is 5.95. The Balaban J connectivity index is 2.17. The molecule has 1 fully saturated rings. The third kappa shape index (κ3) is 2.36. The zero-order chi connectivity index (χ0) is 13.1. The van der Waals surface area contributed by atoms with Gasteiger partial charge in [0.15, 0.2) is 0 Å². The first kappa shape index (κ1) is 12.6. The molecule has 1 aromatic rings. The normalized spacial score (nSPS) is 22.5. The summed E-state index contributed by atoms with van der Waals surface area (Å²) in [7, 11) is 1.77. The van der Waals surface area contributed by atoms with Gasteiger partial charge in [-0.15, -0.1) is 0 Å². The minimum atomic E-state index is 0.0285. The Morgan fingerprint density at radius 2 is 2.28 bits per heavy atom. The molecule has 2 rings (SSSR count). The number of rotatable bonds is 2. The van der Waals surface area contributed by atoms with Crippen LogP contribution in [0.3, 0.4) is 0 Å². The number of carbonyl (C=O) groups is 1. The monoisotopic (exact) mass is 243 g/mol. The van der Waals surface area contributed by atoms with Gasteiger partial charge >= 0.3 is 0 Å². The number of hydrogen-bond donors (Lipinski definition) is 1. The molecule has 2 unspecified atom stereocenters. The van der Waals surface area contributed by atoms with Crippen molar-refractivity contribution in [1.29, 1.82) is 5.26 Å². The lowest BCUT2D eigenvalue weighted by Crippen LogP contribution is -2.36. The summed E-state index contributed by atoms with van der Waals surface area (Å²) >= 11 is 0. The van der Waals surface area contributed by atoms with Crippen LogP contribution in [0.15, 0.2) is 24.3 Å². The van der Waals surface area contributed by atoms with Crippen molar-refractivity contribution in [2.75, 3.05) is 25.0 Å². The maximum Gasteiger partial charge on any atom is 0.231 e. The number of nitriles is 1. The lowest BCUT2D eigenvalue weighted by atomic mass is 9.96. The van der Waals surface area contributed by atoms with E-state index in [2.05, 4.69) is 18.3 Å². The molecule has 1 aliphatic heterocycles. The highest BCUT2D eigenvalue weighted by atomic mass is 16.2. The van der Waals surface area contributed by atoms with E-state index in [0.717, 1.165) is 18.8 Å². The minimum absolute atomic E-state index is 0.0285. The number of nitrogens with zero attached hydrogens (tertiary/aromatic N) is 2. The van der Waals surface area contributed by atoms with Gasteiger partial charge in [0.25, 0.3) is 0 Å². The van der Waals surface area contributed by atoms with Crippen LogP contribution >= 0.6 is 0 Å². The molecule has 18 heavy (non-hydrogen) atoms. The number of nitrogens with one attached hydrogen (secondary N) is 1. The first-order valence-electron chi connectivity index (χ1n) is 6.12. The first-order valence-corrected chi connectivity index (χ1v) is 6.12. The third-order valence-electron chi connectivity index (χ3n) is 3.53. The molecule has 1 heterocycles. The molecule has 1 N–H and O–H groups in total. The van der Waals surface area contributed by atoms with Crippen LogP contribution in [0.1, 0.15) is 12.5 Å². The molecule has 4 nitrogen and oxygen atoms in total. The van der Waals surface area contributed by atoms with Crippen LogP contribution in [-0.4, -0.2) is 26.0 Å². The number of carbonyl (C=O) groups excluding carboxylic acids is 1. The van der Waals surface area contributed by atoms with E-state index in [4.69, 9.17) is 5.26 Å². The van der Waals surface area contributed by atoms with Gasteiger partial charge < -0.3 is 10.2 Å². The largest absolute Gasteiger partial charge is 0.316 e. The van der Waals surface area contributed by atoms with Crippen molar-refractivity contribution in [2.24, 2.45) is 11.8 Å². The van der Waals surface area contributed by atoms with Gasteiger partial charge in [-0.3, -0.25) is 4.79 Å². The van der Waals surface area contributed by atoms with Gasteiger partial charge in [0.05, 0.1) is 17.6 Å². The van der Waals surface area contributed by atoms with Gasteiger partial charge in [0.1, 0.15) is 0 Å². The molecule has 1 aliphatic rings. The average molecular weight is 243 g/mol. The molecule has 0 radical (unpaired) electrons. The molecule has 1 saturated heterocycles. The molecule has 2 atom stereocenters. The van der Waals surface area contributed by atoms with Gasteiger partial charge in [-0.05, 0) is 30.7 Å². The summed E-state index contributed by atoms with van der Waals surface area (Å²) in [4.78, 5) is 14.0. The smallest absolute Gasteiger partial charge is 0.231 e. The summed E-state index contributed by atoms with van der Waals surface area (Å²) in [6.07, 6.45) is 0. The quantitative estimate of drug-likeness (QED) is 0.853. The van der Waals surface area contributed by atoms with E-state index in [9.17, 15) is 4.79 Å². The van der Waals surface area contributed by atoms with Crippen LogP contribution in [0.5, 0.6) is 0 Å². The van der Waals surface area contributed by atoms with Crippen molar-refractivity contribution in [3.05, 3.63) is 29.8 Å². The molecular formula is C14H17N3O. The van der Waals surface area contributed by atoms with Gasteiger partial charge in [-0.2, -0.15) is 5.26 Å². The fraction of sp³-hybridized carbons (Fsp3) is 0.429. The van der Waals surface area contributed by atoms with E-state index in [1.54, 1.807) is 30.1 Å². The molecule has 0 aromatic heterocycles. The summed E-state index contributed by atoms with van der Waals surface area (Å²) < 4.78 is 0. The summed E-state index contributed by atoms with van der Waals surface area (Å²) in [6, 6.07) is 9.22. The van der Waals surface area contributed by atoms with Crippen molar-refractivity contribution < 1.29 is 4.79 Å². The molecule has 0 bridgehead atoms. The second kappa shape index (κ2) is 5.19. The van der Waals surface area contributed by atoms with E-state index in [0.29, 0.717) is 11.5 Å². The van der Waals surface area contributed by atoms with Gasteiger partial charge in [-0.1, -0.05) is 13.0 Å². The molecule has 0 aliphatic carbocycles. The fourth-order valence-corrected chi connectivity index (χ4v) is 2.30. The highest BCUT2D eigenvalue weighted by Crippen LogP contribution is 2.22. The Morgan fingerprint density at radius 3 is 2.89 bits per heavy atom. The Kier molecular flexibility index (Phi) is 3.63. The van der Waals surface area contributed by atoms with Crippen molar-refractivity contribution in [3.63, 3.8) is 0 Å². The van der Waals surface area contributed by atoms with Crippen molar-refractivity contribution in [3.8, 4) is 6.07 Å². The molecule has 4 heteroatoms. The van der Waals surface area contributed by atoms with Crippen LogP contribution in [0, 0.1) is 23.2 Å². The lowest BCUT2D eigenvalue weighted by Gasteiger charge is -2.23. The number of hydrogen-bond acceptors (Lipinski definition) is 3. The van der Waals surface area contributed by atoms with Crippen LogP contribution < -0.4 is 10.2 Å². The standard InChI is InChI=1S/C14H17N3O/c1-10-8-16-9-13(10)14(18)17(2)12-5-3-4-11(6-12)7-15/h3-6,10,13,16H,8-9H2,1-2H3. The second-order valence-electron chi connectivity index (χ2n) is 4.80. The van der Waals surface area contributed by atoms with Crippen LogP contribution in [0.4, 0.5) is 5.69 Å². The van der Waals surface area contributed by atoms with E-state index in [-0.39, 0.29) is 11.8 Å². The summed E-state index contributed by atoms with van der Waals surface area (Å²) in [6.45, 7) is 3.72. The van der Waals surface area contributed by atoms with Crippen molar-refractivity contribution in [2.45, 2.75) is 6.92 Å². The van der Waals surface area contributed by atoms with Gasteiger partial charge in [0.2, 0.25) is 5.91 Å². The van der Waals surface area contributed by atoms with Gasteiger partial charge in [0, 0.05) is 19.3 Å². The molecular weight excluding hydrogens is 226 g/mol. The Bertz CT molecular complexity index is 492. The summed E-state index contributed by atoms with van der Waals surface area (Å²) in [5, 5.41) is 12.1. The lowest BCUT2D eigenvalue weighted by molar-refractivity contribution is -0.122. The van der Waals surface area contributed by atoms with E-state index < -0.39 is 0 Å². The zero-order valence-electron chi connectivity index (χ0n) is 10.7. The minimum Gasteiger partial charge on any atom is -0.316 e. The molecule has 0 saturated carbocycles. The number of benzene rings is 1. The Labute approximate surface area is 107 Å². The van der Waals surface area contributed by atoms with Crippen molar-refractivity contribution >= 4 is 11.6 Å². The van der Waals surface area contributed by atoms with Crippen LogP contribution in [0.25, 0.3) is 0 Å². The number of amides is 1. The predicted octanol–water partition coefficient (Wildman–Crippen LogP) is 1.38. The Morgan fingerprint density at radius 1 is 1.50 bits per heavy atom. The maximum absolute atomic E-state index is 12.4. The SMILES string of the molecule is CC1CNCC1C(=O)N(C)c1cccc(C#N)c1. The molecule has 94 valence electrons. The molecule has 1 amide bonds. The predicted molar refractivity (Wildman–Crippen MR) is 70.1 cm³/mol. The molecule has 1 aromatic carbocycles. The second-order valence-corrected chi connectivity index (χ2v) is 4.80. The number of anilines is 1. The fourth-order valence-electron chi connectivity index (χ4n) is 2.30.